The maximum Gasteiger partial charge on any atom is 0.279 e. The van der Waals surface area contributed by atoms with E-state index in [9.17, 15) is 18.0 Å². The van der Waals surface area contributed by atoms with Gasteiger partial charge in [0, 0.05) is 0 Å². The molecule has 2 N–H and O–H groups in total. The molecule has 1 aliphatic rings. The summed E-state index contributed by atoms with van der Waals surface area (Å²) in [4.78, 5) is 23.9. The van der Waals surface area contributed by atoms with Gasteiger partial charge in [0.05, 0.1) is 17.4 Å². The Hall–Kier alpha value is -2.09. The van der Waals surface area contributed by atoms with Crippen LogP contribution in [0.3, 0.4) is 0 Å². The fourth-order valence-electron chi connectivity index (χ4n) is 2.42. The maximum atomic E-state index is 12.0. The van der Waals surface area contributed by atoms with Crippen molar-refractivity contribution in [3.63, 3.8) is 0 Å². The predicted molar refractivity (Wildman–Crippen MR) is 89.1 cm³/mol. The Bertz CT molecular complexity index is 745. The zero-order valence-electron chi connectivity index (χ0n) is 14.0. The second kappa shape index (κ2) is 7.21. The van der Waals surface area contributed by atoms with Gasteiger partial charge in [-0.1, -0.05) is 12.1 Å². The zero-order valence-corrected chi connectivity index (χ0v) is 14.8. The van der Waals surface area contributed by atoms with Crippen LogP contribution >= 0.6 is 0 Å². The lowest BCUT2D eigenvalue weighted by atomic mass is 10.1. The highest BCUT2D eigenvalue weighted by Crippen LogP contribution is 2.21. The van der Waals surface area contributed by atoms with E-state index >= 15 is 0 Å². The molecule has 1 aromatic carbocycles. The van der Waals surface area contributed by atoms with E-state index < -0.39 is 33.7 Å². The molecule has 1 fully saturated rings. The largest absolute Gasteiger partial charge is 0.481 e. The smallest absolute Gasteiger partial charge is 0.279 e. The predicted octanol–water partition coefficient (Wildman–Crippen LogP) is 0.653. The molecule has 0 saturated carbocycles. The maximum absolute atomic E-state index is 12.0. The van der Waals surface area contributed by atoms with E-state index in [4.69, 9.17) is 4.74 Å². The van der Waals surface area contributed by atoms with Gasteiger partial charge in [0.1, 0.15) is 5.75 Å². The first-order valence-electron chi connectivity index (χ1n) is 7.72. The number of sulfone groups is 1. The van der Waals surface area contributed by atoms with Gasteiger partial charge in [-0.3, -0.25) is 20.4 Å². The summed E-state index contributed by atoms with van der Waals surface area (Å²) in [5.74, 6) is -1.20. The first kappa shape index (κ1) is 18.3. The molecule has 24 heavy (non-hydrogen) atoms. The van der Waals surface area contributed by atoms with Crippen molar-refractivity contribution in [2.24, 2.45) is 5.92 Å². The number of hydrogen-bond acceptors (Lipinski definition) is 5. The average molecular weight is 354 g/mol. The third-order valence-corrected chi connectivity index (χ3v) is 5.91. The summed E-state index contributed by atoms with van der Waals surface area (Å²) in [6.07, 6.45) is -0.531. The summed E-state index contributed by atoms with van der Waals surface area (Å²) >= 11 is 0. The summed E-state index contributed by atoms with van der Waals surface area (Å²) < 4.78 is 28.4. The molecule has 2 unspecified atom stereocenters. The minimum Gasteiger partial charge on any atom is -0.481 e. The van der Waals surface area contributed by atoms with Gasteiger partial charge in [0.15, 0.2) is 15.9 Å². The third kappa shape index (κ3) is 4.47. The van der Waals surface area contributed by atoms with Crippen molar-refractivity contribution >= 4 is 21.7 Å². The number of benzene rings is 1. The quantitative estimate of drug-likeness (QED) is 0.773. The van der Waals surface area contributed by atoms with Gasteiger partial charge < -0.3 is 4.74 Å². The number of hydrogen-bond donors (Lipinski definition) is 2. The van der Waals surface area contributed by atoms with Crippen LogP contribution in [0, 0.1) is 19.8 Å². The van der Waals surface area contributed by atoms with E-state index in [2.05, 4.69) is 10.9 Å². The highest BCUT2D eigenvalue weighted by atomic mass is 32.2. The number of hydrazine groups is 1. The molecule has 1 aliphatic heterocycles. The number of aryl methyl sites for hydroxylation is 1. The van der Waals surface area contributed by atoms with Crippen LogP contribution in [-0.4, -0.2) is 37.8 Å². The van der Waals surface area contributed by atoms with Crippen molar-refractivity contribution in [1.29, 1.82) is 0 Å². The summed E-state index contributed by atoms with van der Waals surface area (Å²) in [7, 11) is -3.14. The third-order valence-electron chi connectivity index (χ3n) is 4.14. The molecular formula is C16H22N2O5S. The van der Waals surface area contributed by atoms with Crippen LogP contribution in [0.2, 0.25) is 0 Å². The molecular weight excluding hydrogens is 332 g/mol. The van der Waals surface area contributed by atoms with E-state index in [1.54, 1.807) is 13.0 Å². The Morgan fingerprint density at radius 1 is 1.25 bits per heavy atom. The highest BCUT2D eigenvalue weighted by molar-refractivity contribution is 7.91. The van der Waals surface area contributed by atoms with Crippen molar-refractivity contribution in [3.8, 4) is 5.75 Å². The summed E-state index contributed by atoms with van der Waals surface area (Å²) in [5.41, 5.74) is 6.55. The Morgan fingerprint density at radius 2 is 1.96 bits per heavy atom. The van der Waals surface area contributed by atoms with Gasteiger partial charge in [0.25, 0.3) is 5.91 Å². The van der Waals surface area contributed by atoms with Gasteiger partial charge in [-0.05, 0) is 44.4 Å². The standard InChI is InChI=1S/C16H22N2O5S/c1-10-5-4-6-14(11(10)2)23-12(3)15(19)17-18-16(20)13-7-8-24(21,22)9-13/h4-6,12-13H,7-9H2,1-3H3,(H,17,19)(H,18,20). The lowest BCUT2D eigenvalue weighted by Crippen LogP contribution is -2.49. The molecule has 7 nitrogen and oxygen atoms in total. The summed E-state index contributed by atoms with van der Waals surface area (Å²) in [5, 5.41) is 0. The van der Waals surface area contributed by atoms with Crippen LogP contribution in [0.1, 0.15) is 24.5 Å². The Morgan fingerprint density at radius 3 is 2.58 bits per heavy atom. The highest BCUT2D eigenvalue weighted by Gasteiger charge is 2.33. The second-order valence-corrected chi connectivity index (χ2v) is 8.27. The van der Waals surface area contributed by atoms with Crippen LogP contribution in [0.25, 0.3) is 0 Å². The molecule has 2 amide bonds. The molecule has 8 heteroatoms. The van der Waals surface area contributed by atoms with Crippen LogP contribution in [0.15, 0.2) is 18.2 Å². The minimum atomic E-state index is -3.14. The number of ether oxygens (including phenoxy) is 1. The minimum absolute atomic E-state index is 0.00514. The molecule has 0 bridgehead atoms. The van der Waals surface area contributed by atoms with E-state index in [0.717, 1.165) is 11.1 Å². The zero-order chi connectivity index (χ0) is 17.9. The number of amides is 2. The summed E-state index contributed by atoms with van der Waals surface area (Å²) in [6, 6.07) is 5.56. The molecule has 132 valence electrons. The van der Waals surface area contributed by atoms with Gasteiger partial charge in [-0.25, -0.2) is 8.42 Å². The fourth-order valence-corrected chi connectivity index (χ4v) is 4.17. The molecule has 2 rings (SSSR count). The average Bonchev–Trinajstić information content (AvgIpc) is 2.89. The number of carbonyl (C=O) groups excluding carboxylic acids is 2. The van der Waals surface area contributed by atoms with Gasteiger partial charge >= 0.3 is 0 Å². The van der Waals surface area contributed by atoms with Crippen molar-refractivity contribution in [2.45, 2.75) is 33.3 Å². The second-order valence-electron chi connectivity index (χ2n) is 6.04. The lowest BCUT2D eigenvalue weighted by molar-refractivity contribution is -0.134. The van der Waals surface area contributed by atoms with E-state index in [0.29, 0.717) is 5.75 Å². The first-order valence-corrected chi connectivity index (χ1v) is 9.55. The Labute approximate surface area is 141 Å². The van der Waals surface area contributed by atoms with Crippen molar-refractivity contribution in [2.75, 3.05) is 11.5 Å². The van der Waals surface area contributed by atoms with Crippen LogP contribution in [0.4, 0.5) is 0 Å². The molecule has 2 atom stereocenters. The number of carbonyl (C=O) groups is 2. The molecule has 0 radical (unpaired) electrons. The van der Waals surface area contributed by atoms with Crippen molar-refractivity contribution < 1.29 is 22.7 Å². The van der Waals surface area contributed by atoms with Crippen molar-refractivity contribution in [3.05, 3.63) is 29.3 Å². The molecule has 1 saturated heterocycles. The van der Waals surface area contributed by atoms with Crippen molar-refractivity contribution in [1.82, 2.24) is 10.9 Å². The first-order chi connectivity index (χ1) is 11.2. The lowest BCUT2D eigenvalue weighted by Gasteiger charge is -2.18. The molecule has 0 aromatic heterocycles. The van der Waals surface area contributed by atoms with Crippen LogP contribution in [0.5, 0.6) is 5.75 Å². The van der Waals surface area contributed by atoms with Crippen LogP contribution < -0.4 is 15.6 Å². The van der Waals surface area contributed by atoms with Gasteiger partial charge in [-0.2, -0.15) is 0 Å². The van der Waals surface area contributed by atoms with Gasteiger partial charge in [0.2, 0.25) is 5.91 Å². The Kier molecular flexibility index (Phi) is 5.48. The van der Waals surface area contributed by atoms with Crippen LogP contribution in [-0.2, 0) is 19.4 Å². The molecule has 0 spiro atoms. The van der Waals surface area contributed by atoms with E-state index in [-0.39, 0.29) is 17.9 Å². The molecule has 1 heterocycles. The number of nitrogens with one attached hydrogen (secondary N) is 2. The fraction of sp³-hybridized carbons (Fsp3) is 0.500. The normalized spacial score (nSPS) is 20.2. The monoisotopic (exact) mass is 354 g/mol. The number of rotatable bonds is 4. The van der Waals surface area contributed by atoms with Gasteiger partial charge in [-0.15, -0.1) is 0 Å². The molecule has 0 aliphatic carbocycles. The summed E-state index contributed by atoms with van der Waals surface area (Å²) in [6.45, 7) is 5.42. The molecule has 1 aromatic rings. The SMILES string of the molecule is Cc1cccc(OC(C)C(=O)NNC(=O)C2CCS(=O)(=O)C2)c1C. The topological polar surface area (TPSA) is 102 Å². The Balaban J connectivity index is 1.86. The van der Waals surface area contributed by atoms with E-state index in [1.165, 1.54) is 0 Å². The van der Waals surface area contributed by atoms with E-state index in [1.807, 2.05) is 26.0 Å².